The molecule has 1 amide bonds. The molecular formula is C17H21ClFN3O4. The van der Waals surface area contributed by atoms with Crippen molar-refractivity contribution in [2.45, 2.75) is 44.6 Å². The summed E-state index contributed by atoms with van der Waals surface area (Å²) < 4.78 is 24.9. The van der Waals surface area contributed by atoms with Crippen LogP contribution in [0.4, 0.5) is 4.48 Å². The van der Waals surface area contributed by atoms with Gasteiger partial charge in [-0.1, -0.05) is 36.5 Å². The largest absolute Gasteiger partial charge is 0.462 e. The molecule has 2 aliphatic heterocycles. The smallest absolute Gasteiger partial charge is 0.323 e. The molecule has 2 N–H and O–H groups in total. The molecule has 0 bridgehead atoms. The number of hydrogen-bond acceptors (Lipinski definition) is 6. The predicted molar refractivity (Wildman–Crippen MR) is 92.3 cm³/mol. The zero-order valence-electron chi connectivity index (χ0n) is 14.6. The van der Waals surface area contributed by atoms with E-state index in [-0.39, 0.29) is 35.0 Å². The molecule has 0 aromatic rings. The highest BCUT2D eigenvalue weighted by molar-refractivity contribution is 6.31. The molecule has 2 aliphatic rings. The Hall–Kier alpha value is -2.08. The molecule has 0 saturated carbocycles. The number of rotatable bonds is 5. The van der Waals surface area contributed by atoms with Crippen molar-refractivity contribution in [3.05, 3.63) is 23.6 Å². The lowest BCUT2D eigenvalue weighted by atomic mass is 10.1. The zero-order chi connectivity index (χ0) is 19.6. The van der Waals surface area contributed by atoms with Gasteiger partial charge in [0, 0.05) is 12.5 Å². The van der Waals surface area contributed by atoms with Crippen molar-refractivity contribution in [2.75, 3.05) is 6.61 Å². The van der Waals surface area contributed by atoms with Crippen LogP contribution < -0.4 is 5.73 Å². The molecule has 3 atom stereocenters. The molecule has 3 unspecified atom stereocenters. The molecule has 1 saturated heterocycles. The monoisotopic (exact) mass is 385 g/mol. The van der Waals surface area contributed by atoms with Gasteiger partial charge in [-0.2, -0.15) is 0 Å². The number of terminal acetylenes is 1. The summed E-state index contributed by atoms with van der Waals surface area (Å²) in [6.07, 6.45) is 6.67. The normalized spacial score (nSPS) is 27.4. The van der Waals surface area contributed by atoms with Crippen molar-refractivity contribution in [3.8, 4) is 12.3 Å². The van der Waals surface area contributed by atoms with Gasteiger partial charge in [0.1, 0.15) is 23.6 Å². The van der Waals surface area contributed by atoms with Crippen LogP contribution in [0.25, 0.3) is 0 Å². The van der Waals surface area contributed by atoms with Gasteiger partial charge in [-0.25, -0.2) is 0 Å². The average Bonchev–Trinajstić information content (AvgIpc) is 3.01. The number of amides is 1. The molecule has 26 heavy (non-hydrogen) atoms. The second kappa shape index (κ2) is 7.66. The van der Waals surface area contributed by atoms with Crippen molar-refractivity contribution >= 4 is 23.5 Å². The number of halogens is 2. The molecule has 0 spiro atoms. The Bertz CT molecular complexity index is 690. The summed E-state index contributed by atoms with van der Waals surface area (Å²) in [5.41, 5.74) is 4.30. The van der Waals surface area contributed by atoms with E-state index in [1.54, 1.807) is 0 Å². The molecule has 0 aromatic carbocycles. The van der Waals surface area contributed by atoms with Crippen LogP contribution in [0.3, 0.4) is 0 Å². The van der Waals surface area contributed by atoms with Crippen molar-refractivity contribution in [1.29, 1.82) is 0 Å². The van der Waals surface area contributed by atoms with Gasteiger partial charge in [0.15, 0.2) is 0 Å². The summed E-state index contributed by atoms with van der Waals surface area (Å²) >= 11 is 6.07. The fourth-order valence-electron chi connectivity index (χ4n) is 2.69. The summed E-state index contributed by atoms with van der Waals surface area (Å²) in [5.74, 6) is 0.536. The first-order valence-electron chi connectivity index (χ1n) is 8.07. The highest BCUT2D eigenvalue weighted by Gasteiger charge is 2.49. The van der Waals surface area contributed by atoms with E-state index in [9.17, 15) is 14.1 Å². The number of ether oxygens (including phenoxy) is 2. The molecule has 0 aromatic heterocycles. The highest BCUT2D eigenvalue weighted by atomic mass is 35.5. The van der Waals surface area contributed by atoms with E-state index in [1.807, 2.05) is 13.8 Å². The number of carbonyl (C=O) groups is 2. The summed E-state index contributed by atoms with van der Waals surface area (Å²) in [6, 6.07) is -0.737. The van der Waals surface area contributed by atoms with Gasteiger partial charge >= 0.3 is 5.97 Å². The second-order valence-electron chi connectivity index (χ2n) is 6.44. The van der Waals surface area contributed by atoms with Gasteiger partial charge in [-0.3, -0.25) is 14.5 Å². The van der Waals surface area contributed by atoms with E-state index in [4.69, 9.17) is 33.2 Å². The summed E-state index contributed by atoms with van der Waals surface area (Å²) in [6.45, 7) is 7.07. The Balaban J connectivity index is 2.09. The first kappa shape index (κ1) is 20.2. The maximum absolute atomic E-state index is 13.9. The predicted octanol–water partition coefficient (Wildman–Crippen LogP) is 1.60. The third-order valence-corrected chi connectivity index (χ3v) is 4.57. The Morgan fingerprint density at radius 3 is 2.92 bits per heavy atom. The van der Waals surface area contributed by atoms with E-state index in [2.05, 4.69) is 12.5 Å². The lowest BCUT2D eigenvalue weighted by molar-refractivity contribution is -0.159. The van der Waals surface area contributed by atoms with E-state index in [1.165, 1.54) is 0 Å². The van der Waals surface area contributed by atoms with Crippen LogP contribution in [0.5, 0.6) is 0 Å². The first-order valence-corrected chi connectivity index (χ1v) is 8.44. The Morgan fingerprint density at radius 1 is 1.69 bits per heavy atom. The van der Waals surface area contributed by atoms with Crippen LogP contribution in [0.1, 0.15) is 26.7 Å². The highest BCUT2D eigenvalue weighted by Crippen LogP contribution is 2.41. The van der Waals surface area contributed by atoms with Gasteiger partial charge in [0.05, 0.1) is 6.10 Å². The van der Waals surface area contributed by atoms with Crippen molar-refractivity contribution in [1.82, 2.24) is 10.0 Å². The maximum Gasteiger partial charge on any atom is 0.323 e. The molecule has 0 radical (unpaired) electrons. The van der Waals surface area contributed by atoms with Crippen molar-refractivity contribution < 1.29 is 23.5 Å². The van der Waals surface area contributed by atoms with Crippen LogP contribution in [0, 0.1) is 18.3 Å². The lowest BCUT2D eigenvalue weighted by Gasteiger charge is -2.41. The standard InChI is InChI=1S/C17H21ClFN3O4/c1-5-17(21-11(4)22(19)14(23)8-13(21)18)7-6-12(26-17)9-25-16(24)15(20)10(2)3/h1,8,10,12,15H,4,6-7,9,20H2,2-3H3. The lowest BCUT2D eigenvalue weighted by Crippen LogP contribution is -2.51. The van der Waals surface area contributed by atoms with Gasteiger partial charge in [0.25, 0.3) is 5.91 Å². The van der Waals surface area contributed by atoms with Gasteiger partial charge in [0.2, 0.25) is 5.72 Å². The minimum Gasteiger partial charge on any atom is -0.462 e. The zero-order valence-corrected chi connectivity index (χ0v) is 15.3. The minimum atomic E-state index is -1.44. The van der Waals surface area contributed by atoms with E-state index < -0.39 is 29.7 Å². The minimum absolute atomic E-state index is 0.0530. The molecule has 9 heteroatoms. The van der Waals surface area contributed by atoms with Crippen LogP contribution in [-0.4, -0.2) is 46.4 Å². The van der Waals surface area contributed by atoms with Crippen molar-refractivity contribution in [2.24, 2.45) is 11.7 Å². The maximum atomic E-state index is 13.9. The number of carbonyl (C=O) groups excluding carboxylic acids is 2. The van der Waals surface area contributed by atoms with Gasteiger partial charge in [-0.05, 0) is 18.3 Å². The van der Waals surface area contributed by atoms with Crippen LogP contribution in [0.2, 0.25) is 0 Å². The van der Waals surface area contributed by atoms with Crippen LogP contribution >= 0.6 is 11.6 Å². The van der Waals surface area contributed by atoms with E-state index >= 15 is 0 Å². The summed E-state index contributed by atoms with van der Waals surface area (Å²) in [5, 5.41) is -0.269. The molecular weight excluding hydrogens is 365 g/mol. The fraction of sp³-hybridized carbons (Fsp3) is 0.529. The molecule has 2 heterocycles. The average molecular weight is 386 g/mol. The third-order valence-electron chi connectivity index (χ3n) is 4.29. The molecule has 1 fully saturated rings. The fourth-order valence-corrected chi connectivity index (χ4v) is 3.02. The van der Waals surface area contributed by atoms with Crippen LogP contribution in [0.15, 0.2) is 23.6 Å². The van der Waals surface area contributed by atoms with E-state index in [0.29, 0.717) is 6.42 Å². The summed E-state index contributed by atoms with van der Waals surface area (Å²) in [7, 11) is 0. The van der Waals surface area contributed by atoms with Crippen molar-refractivity contribution in [3.63, 3.8) is 0 Å². The number of nitrogens with two attached hydrogens (primary N) is 1. The third kappa shape index (κ3) is 3.70. The van der Waals surface area contributed by atoms with E-state index in [0.717, 1.165) is 11.0 Å². The molecule has 142 valence electrons. The summed E-state index contributed by atoms with van der Waals surface area (Å²) in [4.78, 5) is 24.5. The second-order valence-corrected chi connectivity index (χ2v) is 6.83. The molecule has 2 rings (SSSR count). The van der Waals surface area contributed by atoms with Crippen LogP contribution in [-0.2, 0) is 19.1 Å². The first-order chi connectivity index (χ1) is 12.1. The van der Waals surface area contributed by atoms with Gasteiger partial charge in [-0.15, -0.1) is 11.5 Å². The Morgan fingerprint density at radius 2 is 2.35 bits per heavy atom. The molecule has 0 aliphatic carbocycles. The topological polar surface area (TPSA) is 85.1 Å². The Kier molecular flexibility index (Phi) is 5.96. The van der Waals surface area contributed by atoms with Gasteiger partial charge < -0.3 is 15.2 Å². The number of esters is 1. The quantitative estimate of drug-likeness (QED) is 0.335. The Labute approximate surface area is 156 Å². The number of hydrogen-bond donors (Lipinski definition) is 1. The number of nitrogens with zero attached hydrogens (tertiary/aromatic N) is 2. The SMILES string of the molecule is C#CC1(N2C(=C)N(F)C(=O)C=C2Cl)CCC(COC(=O)C(N)C(C)C)O1. The molecule has 7 nitrogen and oxygen atoms in total.